The lowest BCUT2D eigenvalue weighted by Gasteiger charge is -2.16. The van der Waals surface area contributed by atoms with E-state index < -0.39 is 0 Å². The number of rotatable bonds is 6. The van der Waals surface area contributed by atoms with Crippen LogP contribution in [-0.2, 0) is 6.42 Å². The van der Waals surface area contributed by atoms with Gasteiger partial charge in [-0.3, -0.25) is 0 Å². The van der Waals surface area contributed by atoms with Crippen molar-refractivity contribution in [2.45, 2.75) is 20.3 Å². The highest BCUT2D eigenvalue weighted by Crippen LogP contribution is 2.20. The highest BCUT2D eigenvalue weighted by Gasteiger charge is 2.06. The fraction of sp³-hybridized carbons (Fsp3) is 0.412. The topological polar surface area (TPSA) is 55.0 Å². The zero-order valence-corrected chi connectivity index (χ0v) is 13.1. The van der Waals surface area contributed by atoms with Gasteiger partial charge in [0.25, 0.3) is 0 Å². The zero-order chi connectivity index (χ0) is 15.2. The molecule has 2 N–H and O–H groups in total. The van der Waals surface area contributed by atoms with Crippen molar-refractivity contribution in [1.82, 2.24) is 9.97 Å². The molecule has 21 heavy (non-hydrogen) atoms. The quantitative estimate of drug-likeness (QED) is 0.886. The molecule has 2 rings (SSSR count). The van der Waals surface area contributed by atoms with Gasteiger partial charge in [0.05, 0.1) is 5.69 Å². The average molecular weight is 284 g/mol. The minimum absolute atomic E-state index is 0.591. The van der Waals surface area contributed by atoms with Gasteiger partial charge < -0.3 is 10.6 Å². The maximum absolute atomic E-state index is 5.58. The van der Waals surface area contributed by atoms with Crippen LogP contribution in [0.2, 0.25) is 0 Å². The molecule has 2 aromatic rings. The summed E-state index contributed by atoms with van der Waals surface area (Å²) >= 11 is 0. The predicted molar refractivity (Wildman–Crippen MR) is 88.3 cm³/mol. The molecule has 0 atom stereocenters. The van der Waals surface area contributed by atoms with Crippen molar-refractivity contribution in [3.8, 4) is 11.3 Å². The van der Waals surface area contributed by atoms with Gasteiger partial charge >= 0.3 is 0 Å². The summed E-state index contributed by atoms with van der Waals surface area (Å²) in [5.41, 5.74) is 9.00. The second kappa shape index (κ2) is 7.18. The van der Waals surface area contributed by atoms with Crippen molar-refractivity contribution in [2.75, 3.05) is 25.0 Å². The second-order valence-corrected chi connectivity index (χ2v) is 5.75. The molecule has 0 fully saturated rings. The van der Waals surface area contributed by atoms with Crippen LogP contribution in [-0.4, -0.2) is 30.1 Å². The van der Waals surface area contributed by atoms with E-state index in [1.54, 1.807) is 6.20 Å². The Morgan fingerprint density at radius 3 is 2.48 bits per heavy atom. The van der Waals surface area contributed by atoms with Crippen LogP contribution < -0.4 is 10.6 Å². The first-order chi connectivity index (χ1) is 10.1. The summed E-state index contributed by atoms with van der Waals surface area (Å²) in [5, 5.41) is 0. The molecule has 0 amide bonds. The van der Waals surface area contributed by atoms with Gasteiger partial charge in [0.2, 0.25) is 5.95 Å². The third-order valence-electron chi connectivity index (χ3n) is 3.34. The Morgan fingerprint density at radius 1 is 1.14 bits per heavy atom. The minimum atomic E-state index is 0.591. The van der Waals surface area contributed by atoms with Gasteiger partial charge in [0.15, 0.2) is 0 Å². The van der Waals surface area contributed by atoms with Crippen molar-refractivity contribution in [3.63, 3.8) is 0 Å². The Balaban J connectivity index is 2.19. The maximum atomic E-state index is 5.58. The van der Waals surface area contributed by atoms with E-state index in [0.29, 0.717) is 18.4 Å². The summed E-state index contributed by atoms with van der Waals surface area (Å²) in [5.74, 6) is 1.38. The fourth-order valence-corrected chi connectivity index (χ4v) is 2.27. The molecule has 0 aliphatic carbocycles. The van der Waals surface area contributed by atoms with Crippen molar-refractivity contribution in [1.29, 1.82) is 0 Å². The number of hydrogen-bond acceptors (Lipinski definition) is 4. The van der Waals surface area contributed by atoms with E-state index in [9.17, 15) is 0 Å². The number of benzene rings is 1. The largest absolute Gasteiger partial charge is 0.343 e. The van der Waals surface area contributed by atoms with E-state index in [2.05, 4.69) is 48.1 Å². The number of nitrogens with zero attached hydrogens (tertiary/aromatic N) is 3. The van der Waals surface area contributed by atoms with Crippen molar-refractivity contribution in [2.24, 2.45) is 11.7 Å². The Hall–Kier alpha value is -1.94. The van der Waals surface area contributed by atoms with Crippen LogP contribution in [0.3, 0.4) is 0 Å². The van der Waals surface area contributed by atoms with Crippen LogP contribution in [0.1, 0.15) is 19.4 Å². The molecular formula is C17H24N4. The monoisotopic (exact) mass is 284 g/mol. The summed E-state index contributed by atoms with van der Waals surface area (Å²) in [7, 11) is 1.96. The third-order valence-corrected chi connectivity index (χ3v) is 3.34. The summed E-state index contributed by atoms with van der Waals surface area (Å²) in [6.07, 6.45) is 2.90. The van der Waals surface area contributed by atoms with Crippen molar-refractivity contribution >= 4 is 5.95 Å². The maximum Gasteiger partial charge on any atom is 0.225 e. The van der Waals surface area contributed by atoms with Crippen LogP contribution in [0.4, 0.5) is 5.95 Å². The lowest BCUT2D eigenvalue weighted by molar-refractivity contribution is 0.647. The van der Waals surface area contributed by atoms with Gasteiger partial charge in [-0.1, -0.05) is 38.1 Å². The fourth-order valence-electron chi connectivity index (χ4n) is 2.27. The highest BCUT2D eigenvalue weighted by atomic mass is 15.2. The lowest BCUT2D eigenvalue weighted by atomic mass is 10.0. The SMILES string of the molecule is CC(C)Cc1ccc(-c2ccnc(N(C)CCN)n2)cc1. The summed E-state index contributed by atoms with van der Waals surface area (Å²) in [6, 6.07) is 10.6. The molecule has 112 valence electrons. The summed E-state index contributed by atoms with van der Waals surface area (Å²) < 4.78 is 0. The van der Waals surface area contributed by atoms with Crippen LogP contribution in [0.5, 0.6) is 0 Å². The molecule has 1 aromatic carbocycles. The average Bonchev–Trinajstić information content (AvgIpc) is 2.48. The molecule has 0 unspecified atom stereocenters. The Labute approximate surface area is 127 Å². The number of hydrogen-bond donors (Lipinski definition) is 1. The van der Waals surface area contributed by atoms with Crippen molar-refractivity contribution in [3.05, 3.63) is 42.1 Å². The molecule has 4 nitrogen and oxygen atoms in total. The van der Waals surface area contributed by atoms with E-state index >= 15 is 0 Å². The van der Waals surface area contributed by atoms with Crippen LogP contribution >= 0.6 is 0 Å². The second-order valence-electron chi connectivity index (χ2n) is 5.75. The van der Waals surface area contributed by atoms with E-state index in [-0.39, 0.29) is 0 Å². The number of aromatic nitrogens is 2. The van der Waals surface area contributed by atoms with Gasteiger partial charge in [-0.15, -0.1) is 0 Å². The van der Waals surface area contributed by atoms with Crippen LogP contribution in [0, 0.1) is 5.92 Å². The van der Waals surface area contributed by atoms with Gasteiger partial charge in [0, 0.05) is 31.9 Å². The minimum Gasteiger partial charge on any atom is -0.343 e. The summed E-state index contributed by atoms with van der Waals surface area (Å²) in [4.78, 5) is 10.9. The molecule has 4 heteroatoms. The molecule has 0 aliphatic heterocycles. The first-order valence-electron chi connectivity index (χ1n) is 7.43. The molecule has 0 aliphatic rings. The lowest BCUT2D eigenvalue weighted by Crippen LogP contribution is -2.26. The van der Waals surface area contributed by atoms with Crippen molar-refractivity contribution < 1.29 is 0 Å². The van der Waals surface area contributed by atoms with E-state index in [4.69, 9.17) is 5.73 Å². The molecule has 0 radical (unpaired) electrons. The molecular weight excluding hydrogens is 260 g/mol. The van der Waals surface area contributed by atoms with E-state index in [1.165, 1.54) is 5.56 Å². The highest BCUT2D eigenvalue weighted by molar-refractivity contribution is 5.60. The van der Waals surface area contributed by atoms with E-state index in [0.717, 1.165) is 24.2 Å². The Morgan fingerprint density at radius 2 is 1.86 bits per heavy atom. The predicted octanol–water partition coefficient (Wildman–Crippen LogP) is 2.74. The first-order valence-corrected chi connectivity index (χ1v) is 7.43. The van der Waals surface area contributed by atoms with Gasteiger partial charge in [-0.2, -0.15) is 0 Å². The van der Waals surface area contributed by atoms with Gasteiger partial charge in [-0.25, -0.2) is 9.97 Å². The van der Waals surface area contributed by atoms with Gasteiger partial charge in [0.1, 0.15) is 0 Å². The smallest absolute Gasteiger partial charge is 0.225 e. The first kappa shape index (κ1) is 15.4. The molecule has 0 saturated heterocycles. The molecule has 1 aromatic heterocycles. The standard InChI is InChI=1S/C17H24N4/c1-13(2)12-14-4-6-15(7-5-14)16-8-10-19-17(20-16)21(3)11-9-18/h4-8,10,13H,9,11-12,18H2,1-3H3. The third kappa shape index (κ3) is 4.26. The number of nitrogens with two attached hydrogens (primary N) is 1. The molecule has 1 heterocycles. The number of likely N-dealkylation sites (N-methyl/N-ethyl adjacent to an activating group) is 1. The Bertz CT molecular complexity index is 563. The molecule has 0 bridgehead atoms. The van der Waals surface area contributed by atoms with Crippen LogP contribution in [0.25, 0.3) is 11.3 Å². The molecule has 0 saturated carbocycles. The molecule has 0 spiro atoms. The van der Waals surface area contributed by atoms with Gasteiger partial charge in [-0.05, 0) is 24.0 Å². The normalized spacial score (nSPS) is 10.9. The summed E-state index contributed by atoms with van der Waals surface area (Å²) in [6.45, 7) is 5.81. The number of anilines is 1. The Kier molecular flexibility index (Phi) is 5.28. The van der Waals surface area contributed by atoms with Crippen LogP contribution in [0.15, 0.2) is 36.5 Å². The zero-order valence-electron chi connectivity index (χ0n) is 13.1. The van der Waals surface area contributed by atoms with E-state index in [1.807, 2.05) is 18.0 Å².